The second-order valence-electron chi connectivity index (χ2n) is 9.62. The van der Waals surface area contributed by atoms with Crippen LogP contribution in [0.15, 0.2) is 76.8 Å². The molecule has 0 saturated carbocycles. The van der Waals surface area contributed by atoms with Crippen LogP contribution in [0.5, 0.6) is 5.75 Å². The van der Waals surface area contributed by atoms with Crippen molar-refractivity contribution in [1.29, 1.82) is 0 Å². The zero-order valence-electron chi connectivity index (χ0n) is 22.7. The van der Waals surface area contributed by atoms with Crippen molar-refractivity contribution in [2.24, 2.45) is 0 Å². The van der Waals surface area contributed by atoms with E-state index in [0.29, 0.717) is 18.2 Å². The average molecular weight is 672 g/mol. The molecule has 218 valence electrons. The largest absolute Gasteiger partial charge is 0.488 e. The van der Waals surface area contributed by atoms with Crippen LogP contribution >= 0.6 is 27.3 Å². The lowest BCUT2D eigenvalue weighted by Crippen LogP contribution is -2.10. The number of benzene rings is 3. The standard InChI is InChI=1S/C30H28BrFN4O4S2/c1-42(37,38)13-12-39-11-3-6-29-36-27(18-41-29)21-7-9-26-24(15-21)30(34-19-33-26)35-23-8-10-28(25(31)16-23)40-17-20-4-2-5-22(32)14-20/h2,4-5,7-10,14-16,18-19H,3,6,11-13,17H2,1H3,(H,33,34,35). The van der Waals surface area contributed by atoms with E-state index in [0.717, 1.165) is 55.7 Å². The average Bonchev–Trinajstić information content (AvgIpc) is 3.43. The Hall–Kier alpha value is -3.45. The lowest BCUT2D eigenvalue weighted by molar-refractivity contribution is 0.146. The molecule has 0 amide bonds. The molecule has 1 N–H and O–H groups in total. The molecule has 0 aliphatic carbocycles. The normalized spacial score (nSPS) is 11.6. The summed E-state index contributed by atoms with van der Waals surface area (Å²) in [6, 6.07) is 17.9. The third kappa shape index (κ3) is 8.31. The molecule has 0 bridgehead atoms. The van der Waals surface area contributed by atoms with Crippen LogP contribution in [0.25, 0.3) is 22.2 Å². The molecule has 8 nitrogen and oxygen atoms in total. The van der Waals surface area contributed by atoms with Crippen molar-refractivity contribution in [3.05, 3.63) is 93.2 Å². The predicted octanol–water partition coefficient (Wildman–Crippen LogP) is 6.97. The number of aryl methyl sites for hydroxylation is 1. The number of nitrogens with zero attached hydrogens (tertiary/aromatic N) is 3. The highest BCUT2D eigenvalue weighted by Gasteiger charge is 2.11. The molecule has 0 aliphatic rings. The first-order valence-corrected chi connectivity index (χ1v) is 16.9. The molecule has 0 radical (unpaired) electrons. The molecule has 3 aromatic carbocycles. The number of hydrogen-bond acceptors (Lipinski definition) is 9. The molecule has 42 heavy (non-hydrogen) atoms. The monoisotopic (exact) mass is 670 g/mol. The maximum atomic E-state index is 13.5. The third-order valence-corrected chi connectivity index (χ3v) is 8.68. The van der Waals surface area contributed by atoms with E-state index >= 15 is 0 Å². The molecule has 0 spiro atoms. The molecule has 0 aliphatic heterocycles. The molecule has 2 aromatic heterocycles. The van der Waals surface area contributed by atoms with Gasteiger partial charge in [-0.2, -0.15) is 0 Å². The summed E-state index contributed by atoms with van der Waals surface area (Å²) >= 11 is 5.16. The quantitative estimate of drug-likeness (QED) is 0.134. The van der Waals surface area contributed by atoms with E-state index in [1.807, 2.05) is 47.8 Å². The van der Waals surface area contributed by atoms with Gasteiger partial charge >= 0.3 is 0 Å². The summed E-state index contributed by atoms with van der Waals surface area (Å²) in [6.45, 7) is 0.950. The number of rotatable bonds is 13. The zero-order valence-corrected chi connectivity index (χ0v) is 25.9. The number of halogens is 2. The Labute approximate surface area is 256 Å². The Bertz CT molecular complexity index is 1800. The Morgan fingerprint density at radius 2 is 1.93 bits per heavy atom. The highest BCUT2D eigenvalue weighted by Crippen LogP contribution is 2.33. The highest BCUT2D eigenvalue weighted by molar-refractivity contribution is 9.10. The van der Waals surface area contributed by atoms with Crippen LogP contribution in [0.1, 0.15) is 17.0 Å². The molecule has 2 heterocycles. The minimum absolute atomic E-state index is 0.0337. The second-order valence-corrected chi connectivity index (χ2v) is 13.7. The van der Waals surface area contributed by atoms with Crippen LogP contribution < -0.4 is 10.1 Å². The minimum Gasteiger partial charge on any atom is -0.488 e. The first-order chi connectivity index (χ1) is 20.2. The maximum Gasteiger partial charge on any atom is 0.149 e. The molecular formula is C30H28BrFN4O4S2. The summed E-state index contributed by atoms with van der Waals surface area (Å²) in [4.78, 5) is 13.7. The predicted molar refractivity (Wildman–Crippen MR) is 168 cm³/mol. The first-order valence-electron chi connectivity index (χ1n) is 13.1. The summed E-state index contributed by atoms with van der Waals surface area (Å²) < 4.78 is 47.9. The SMILES string of the molecule is CS(=O)(=O)CCOCCCc1nc(-c2ccc3ncnc(Nc4ccc(OCc5cccc(F)c5)c(Br)c4)c3c2)cs1. The van der Waals surface area contributed by atoms with Crippen LogP contribution in [0.2, 0.25) is 0 Å². The fraction of sp³-hybridized carbons (Fsp3) is 0.233. The Balaban J connectivity index is 1.24. The van der Waals surface area contributed by atoms with E-state index < -0.39 is 9.84 Å². The lowest BCUT2D eigenvalue weighted by Gasteiger charge is -2.12. The van der Waals surface area contributed by atoms with Crippen molar-refractivity contribution in [2.45, 2.75) is 19.4 Å². The number of thiazole rings is 1. The first kappa shape index (κ1) is 30.0. The van der Waals surface area contributed by atoms with E-state index in [1.54, 1.807) is 17.4 Å². The molecule has 0 atom stereocenters. The van der Waals surface area contributed by atoms with Gasteiger partial charge in [0.25, 0.3) is 0 Å². The summed E-state index contributed by atoms with van der Waals surface area (Å²) in [5.74, 6) is 1.03. The van der Waals surface area contributed by atoms with Crippen molar-refractivity contribution in [2.75, 3.05) is 30.5 Å². The van der Waals surface area contributed by atoms with Gasteiger partial charge in [-0.3, -0.25) is 0 Å². The van der Waals surface area contributed by atoms with Gasteiger partial charge < -0.3 is 14.8 Å². The summed E-state index contributed by atoms with van der Waals surface area (Å²) in [7, 11) is -3.01. The van der Waals surface area contributed by atoms with Crippen molar-refractivity contribution >= 4 is 59.5 Å². The lowest BCUT2D eigenvalue weighted by atomic mass is 10.1. The van der Waals surface area contributed by atoms with E-state index in [9.17, 15) is 12.8 Å². The number of sulfone groups is 1. The number of hydrogen-bond donors (Lipinski definition) is 1. The van der Waals surface area contributed by atoms with E-state index in [1.165, 1.54) is 24.7 Å². The van der Waals surface area contributed by atoms with Gasteiger partial charge in [-0.05, 0) is 70.4 Å². The van der Waals surface area contributed by atoms with Crippen molar-refractivity contribution in [3.63, 3.8) is 0 Å². The van der Waals surface area contributed by atoms with Crippen LogP contribution in [-0.4, -0.2) is 48.6 Å². The Morgan fingerprint density at radius 1 is 1.05 bits per heavy atom. The Morgan fingerprint density at radius 3 is 2.74 bits per heavy atom. The minimum atomic E-state index is -3.01. The van der Waals surface area contributed by atoms with Gasteiger partial charge in [-0.25, -0.2) is 27.8 Å². The number of fused-ring (bicyclic) bond motifs is 1. The van der Waals surface area contributed by atoms with Gasteiger partial charge in [0.15, 0.2) is 0 Å². The van der Waals surface area contributed by atoms with E-state index in [2.05, 4.69) is 31.2 Å². The fourth-order valence-corrected chi connectivity index (χ4v) is 5.90. The number of ether oxygens (including phenoxy) is 2. The zero-order chi connectivity index (χ0) is 29.5. The van der Waals surface area contributed by atoms with Gasteiger partial charge in [-0.1, -0.05) is 18.2 Å². The van der Waals surface area contributed by atoms with Crippen LogP contribution in [0.3, 0.4) is 0 Å². The maximum absolute atomic E-state index is 13.5. The summed E-state index contributed by atoms with van der Waals surface area (Å²) in [6.07, 6.45) is 4.25. The summed E-state index contributed by atoms with van der Waals surface area (Å²) in [5, 5.41) is 7.25. The van der Waals surface area contributed by atoms with Crippen LogP contribution in [0, 0.1) is 5.82 Å². The van der Waals surface area contributed by atoms with Gasteiger partial charge in [0.05, 0.1) is 33.1 Å². The topological polar surface area (TPSA) is 103 Å². The molecule has 0 saturated heterocycles. The van der Waals surface area contributed by atoms with Crippen molar-refractivity contribution in [1.82, 2.24) is 15.0 Å². The van der Waals surface area contributed by atoms with E-state index in [-0.39, 0.29) is 24.8 Å². The molecule has 0 fully saturated rings. The third-order valence-electron chi connectivity index (χ3n) is 6.24. The molecular weight excluding hydrogens is 643 g/mol. The molecule has 5 aromatic rings. The van der Waals surface area contributed by atoms with Crippen LogP contribution in [0.4, 0.5) is 15.9 Å². The highest BCUT2D eigenvalue weighted by atomic mass is 79.9. The molecule has 0 unspecified atom stereocenters. The fourth-order valence-electron chi connectivity index (χ4n) is 4.13. The Kier molecular flexibility index (Phi) is 9.78. The second kappa shape index (κ2) is 13.7. The molecule has 5 rings (SSSR count). The number of aromatic nitrogens is 3. The van der Waals surface area contributed by atoms with Gasteiger partial charge in [0.2, 0.25) is 0 Å². The van der Waals surface area contributed by atoms with Crippen LogP contribution in [-0.2, 0) is 27.6 Å². The number of anilines is 2. The summed E-state index contributed by atoms with van der Waals surface area (Å²) in [5.41, 5.74) is 4.17. The van der Waals surface area contributed by atoms with Gasteiger partial charge in [0.1, 0.15) is 40.2 Å². The van der Waals surface area contributed by atoms with Crippen molar-refractivity contribution < 1.29 is 22.3 Å². The number of nitrogens with one attached hydrogen (secondary N) is 1. The van der Waals surface area contributed by atoms with Gasteiger partial charge in [0, 0.05) is 41.3 Å². The van der Waals surface area contributed by atoms with E-state index in [4.69, 9.17) is 14.5 Å². The molecule has 12 heteroatoms. The van der Waals surface area contributed by atoms with Gasteiger partial charge in [-0.15, -0.1) is 11.3 Å². The smallest absolute Gasteiger partial charge is 0.149 e. The van der Waals surface area contributed by atoms with Crippen molar-refractivity contribution in [3.8, 4) is 17.0 Å².